The van der Waals surface area contributed by atoms with Crippen molar-refractivity contribution in [3.63, 3.8) is 0 Å². The summed E-state index contributed by atoms with van der Waals surface area (Å²) >= 11 is 1.50. The first-order valence-electron chi connectivity index (χ1n) is 11.4. The zero-order valence-electron chi connectivity index (χ0n) is 18.6. The summed E-state index contributed by atoms with van der Waals surface area (Å²) in [5.41, 5.74) is 6.02. The van der Waals surface area contributed by atoms with E-state index in [1.807, 2.05) is 66.1 Å². The topological polar surface area (TPSA) is 51.1 Å². The number of carbonyl (C=O) groups is 2. The van der Waals surface area contributed by atoms with Crippen molar-refractivity contribution >= 4 is 40.2 Å². The van der Waals surface area contributed by atoms with Crippen LogP contribution in [0.25, 0.3) is 10.9 Å². The summed E-state index contributed by atoms with van der Waals surface area (Å²) in [7, 11) is 0. The zero-order chi connectivity index (χ0) is 22.8. The lowest BCUT2D eigenvalue weighted by Crippen LogP contribution is -2.18. The Morgan fingerprint density at radius 3 is 2.58 bits per heavy atom. The number of aryl methyl sites for hydroxylation is 2. The molecule has 4 nitrogen and oxygen atoms in total. The molecule has 0 unspecified atom stereocenters. The Kier molecular flexibility index (Phi) is 6.05. The monoisotopic (exact) mass is 454 g/mol. The Hall–Kier alpha value is -3.31. The van der Waals surface area contributed by atoms with Crippen LogP contribution in [0.15, 0.2) is 77.7 Å². The Labute approximate surface area is 198 Å². The second-order valence-corrected chi connectivity index (χ2v) is 9.56. The van der Waals surface area contributed by atoms with Gasteiger partial charge in [0.15, 0.2) is 0 Å². The number of carbonyl (C=O) groups excluding carboxylic acids is 2. The molecule has 166 valence electrons. The number of thioether (sulfide) groups is 1. The van der Waals surface area contributed by atoms with Gasteiger partial charge in [-0.3, -0.25) is 14.2 Å². The lowest BCUT2D eigenvalue weighted by Gasteiger charge is -2.15. The predicted molar refractivity (Wildman–Crippen MR) is 136 cm³/mol. The van der Waals surface area contributed by atoms with Crippen molar-refractivity contribution in [1.29, 1.82) is 0 Å². The first kappa shape index (κ1) is 21.5. The van der Waals surface area contributed by atoms with Gasteiger partial charge in [-0.15, -0.1) is 11.8 Å². The highest BCUT2D eigenvalue weighted by atomic mass is 32.2. The normalized spacial score (nSPS) is 13.0. The molecule has 0 atom stereocenters. The second kappa shape index (κ2) is 9.28. The van der Waals surface area contributed by atoms with Crippen molar-refractivity contribution in [2.75, 3.05) is 11.1 Å². The number of benzene rings is 3. The first-order valence-corrected chi connectivity index (χ1v) is 12.3. The van der Waals surface area contributed by atoms with Gasteiger partial charge in [0.2, 0.25) is 5.91 Å². The maximum absolute atomic E-state index is 13.3. The molecule has 5 rings (SSSR count). The molecule has 1 aliphatic rings. The average Bonchev–Trinajstić information content (AvgIpc) is 3.18. The zero-order valence-corrected chi connectivity index (χ0v) is 19.5. The number of fused-ring (bicyclic) bond motifs is 3. The minimum atomic E-state index is -0.140. The van der Waals surface area contributed by atoms with Crippen molar-refractivity contribution in [2.45, 2.75) is 37.5 Å². The van der Waals surface area contributed by atoms with Crippen molar-refractivity contribution in [1.82, 2.24) is 4.57 Å². The quantitative estimate of drug-likeness (QED) is 0.350. The van der Waals surface area contributed by atoms with Crippen LogP contribution in [0.4, 0.5) is 5.69 Å². The highest BCUT2D eigenvalue weighted by Gasteiger charge is 2.23. The summed E-state index contributed by atoms with van der Waals surface area (Å²) in [5.74, 6) is 0.313. The number of rotatable bonds is 5. The Balaban J connectivity index is 1.31. The standard InChI is InChI=1S/C28H26N2O2S/c1-19-13-15-20(16-14-19)28(32)29-21-7-6-8-22(17-21)33-18-27(31)30-25-11-4-2-9-23(25)24-10-3-5-12-26(24)30/h2,4,6-9,11,13-17H,3,5,10,12,18H2,1H3,(H,29,32). The predicted octanol–water partition coefficient (Wildman–Crippen LogP) is 6.51. The summed E-state index contributed by atoms with van der Waals surface area (Å²) in [5, 5.41) is 4.17. The van der Waals surface area contributed by atoms with E-state index < -0.39 is 0 Å². The van der Waals surface area contributed by atoms with E-state index in [4.69, 9.17) is 0 Å². The van der Waals surface area contributed by atoms with Crippen molar-refractivity contribution in [3.05, 3.63) is 95.2 Å². The molecule has 5 heteroatoms. The van der Waals surface area contributed by atoms with Gasteiger partial charge in [0.05, 0.1) is 11.3 Å². The first-order chi connectivity index (χ1) is 16.1. The average molecular weight is 455 g/mol. The van der Waals surface area contributed by atoms with Crippen LogP contribution in [0.3, 0.4) is 0 Å². The number of hydrogen-bond donors (Lipinski definition) is 1. The molecule has 1 amide bonds. The van der Waals surface area contributed by atoms with Crippen LogP contribution in [-0.2, 0) is 12.8 Å². The van der Waals surface area contributed by atoms with Gasteiger partial charge in [-0.25, -0.2) is 0 Å². The van der Waals surface area contributed by atoms with Crippen LogP contribution in [0, 0.1) is 6.92 Å². The Morgan fingerprint density at radius 1 is 0.939 bits per heavy atom. The van der Waals surface area contributed by atoms with Gasteiger partial charge >= 0.3 is 0 Å². The third-order valence-electron chi connectivity index (χ3n) is 6.20. The summed E-state index contributed by atoms with van der Waals surface area (Å²) in [6.07, 6.45) is 4.32. The lowest BCUT2D eigenvalue weighted by molar-refractivity contribution is 0.0942. The largest absolute Gasteiger partial charge is 0.322 e. The van der Waals surface area contributed by atoms with Gasteiger partial charge in [-0.2, -0.15) is 0 Å². The van der Waals surface area contributed by atoms with Gasteiger partial charge in [-0.05, 0) is 74.6 Å². The fourth-order valence-electron chi connectivity index (χ4n) is 4.56. The van der Waals surface area contributed by atoms with Gasteiger partial charge in [0.25, 0.3) is 5.91 Å². The van der Waals surface area contributed by atoms with Crippen LogP contribution in [-0.4, -0.2) is 22.1 Å². The Morgan fingerprint density at radius 2 is 1.73 bits per heavy atom. The molecule has 0 aliphatic heterocycles. The molecule has 1 aliphatic carbocycles. The minimum Gasteiger partial charge on any atom is -0.322 e. The van der Waals surface area contributed by atoms with Crippen molar-refractivity contribution in [2.24, 2.45) is 0 Å². The molecule has 0 spiro atoms. The smallest absolute Gasteiger partial charge is 0.255 e. The van der Waals surface area contributed by atoms with E-state index >= 15 is 0 Å². The SMILES string of the molecule is Cc1ccc(C(=O)Nc2cccc(SCC(=O)n3c4c(c5ccccc53)CCCC4)c2)cc1. The van der Waals surface area contributed by atoms with Crippen LogP contribution in [0.5, 0.6) is 0 Å². The van der Waals surface area contributed by atoms with Gasteiger partial charge < -0.3 is 5.32 Å². The van der Waals surface area contributed by atoms with Crippen molar-refractivity contribution < 1.29 is 9.59 Å². The molecule has 0 bridgehead atoms. The van der Waals surface area contributed by atoms with Crippen LogP contribution < -0.4 is 5.32 Å². The summed E-state index contributed by atoms with van der Waals surface area (Å²) in [4.78, 5) is 26.8. The van der Waals surface area contributed by atoms with E-state index in [2.05, 4.69) is 23.5 Å². The molecular weight excluding hydrogens is 428 g/mol. The molecule has 1 aromatic heterocycles. The lowest BCUT2D eigenvalue weighted by atomic mass is 9.96. The molecule has 1 N–H and O–H groups in total. The summed E-state index contributed by atoms with van der Waals surface area (Å²) in [6.45, 7) is 2.00. The highest BCUT2D eigenvalue weighted by Crippen LogP contribution is 2.33. The van der Waals surface area contributed by atoms with Gasteiger partial charge in [0, 0.05) is 27.2 Å². The summed E-state index contributed by atoms with van der Waals surface area (Å²) in [6, 6.07) is 23.4. The fourth-order valence-corrected chi connectivity index (χ4v) is 5.37. The fraction of sp³-hybridized carbons (Fsp3) is 0.214. The van der Waals surface area contributed by atoms with Crippen LogP contribution in [0.1, 0.15) is 44.8 Å². The summed E-state index contributed by atoms with van der Waals surface area (Å²) < 4.78 is 1.94. The number of nitrogens with one attached hydrogen (secondary N) is 1. The third-order valence-corrected chi connectivity index (χ3v) is 7.17. The molecule has 3 aromatic carbocycles. The molecule has 0 saturated carbocycles. The Bertz CT molecular complexity index is 1340. The molecule has 4 aromatic rings. The molecular formula is C28H26N2O2S. The van der Waals surface area contributed by atoms with Crippen LogP contribution in [0.2, 0.25) is 0 Å². The number of anilines is 1. The highest BCUT2D eigenvalue weighted by molar-refractivity contribution is 8.00. The molecule has 0 fully saturated rings. The maximum Gasteiger partial charge on any atom is 0.255 e. The van der Waals surface area contributed by atoms with E-state index in [0.717, 1.165) is 40.9 Å². The van der Waals surface area contributed by atoms with E-state index in [9.17, 15) is 9.59 Å². The van der Waals surface area contributed by atoms with E-state index in [0.29, 0.717) is 11.3 Å². The molecule has 0 saturated heterocycles. The second-order valence-electron chi connectivity index (χ2n) is 8.52. The van der Waals surface area contributed by atoms with Gasteiger partial charge in [0.1, 0.15) is 0 Å². The van der Waals surface area contributed by atoms with E-state index in [-0.39, 0.29) is 11.8 Å². The van der Waals surface area contributed by atoms with E-state index in [1.165, 1.54) is 34.8 Å². The maximum atomic E-state index is 13.3. The number of amides is 1. The van der Waals surface area contributed by atoms with E-state index in [1.54, 1.807) is 0 Å². The third kappa shape index (κ3) is 4.46. The van der Waals surface area contributed by atoms with Crippen LogP contribution >= 0.6 is 11.8 Å². The van der Waals surface area contributed by atoms with Crippen molar-refractivity contribution in [3.8, 4) is 0 Å². The minimum absolute atomic E-state index is 0.105. The number of nitrogens with zero attached hydrogens (tertiary/aromatic N) is 1. The number of hydrogen-bond acceptors (Lipinski definition) is 3. The molecule has 0 radical (unpaired) electrons. The number of aromatic nitrogens is 1. The number of para-hydroxylation sites is 1. The molecule has 1 heterocycles. The molecule has 33 heavy (non-hydrogen) atoms. The van der Waals surface area contributed by atoms with Gasteiger partial charge in [-0.1, -0.05) is 42.0 Å².